The van der Waals surface area contributed by atoms with Crippen LogP contribution in [0.5, 0.6) is 0 Å². The molecule has 4 nitrogen and oxygen atoms in total. The van der Waals surface area contributed by atoms with Gasteiger partial charge in [0, 0.05) is 6.54 Å². The minimum atomic E-state index is -3.08. The van der Waals surface area contributed by atoms with Crippen LogP contribution >= 0.6 is 0 Å². The van der Waals surface area contributed by atoms with Gasteiger partial charge in [-0.2, -0.15) is 0 Å². The third-order valence-corrected chi connectivity index (χ3v) is 5.48. The van der Waals surface area contributed by atoms with Gasteiger partial charge in [-0.05, 0) is 17.5 Å². The first-order valence-corrected chi connectivity index (χ1v) is 7.56. The van der Waals surface area contributed by atoms with Gasteiger partial charge in [0.1, 0.15) is 0 Å². The van der Waals surface area contributed by atoms with E-state index in [-0.39, 0.29) is 17.5 Å². The second-order valence-corrected chi connectivity index (χ2v) is 7.14. The molecule has 2 heterocycles. The molecule has 2 aliphatic heterocycles. The Labute approximate surface area is 101 Å². The first-order chi connectivity index (χ1) is 8.00. The van der Waals surface area contributed by atoms with Crippen molar-refractivity contribution in [3.8, 4) is 0 Å². The summed E-state index contributed by atoms with van der Waals surface area (Å²) >= 11 is 0. The molecule has 0 saturated carbocycles. The van der Waals surface area contributed by atoms with Crippen LogP contribution in [-0.4, -0.2) is 30.6 Å². The molecular weight excluding hydrogens is 238 g/mol. The smallest absolute Gasteiger partial charge is 0.153 e. The number of nitrogens with one attached hydrogen (secondary N) is 1. The van der Waals surface area contributed by atoms with E-state index in [1.807, 2.05) is 24.3 Å². The third-order valence-electron chi connectivity index (χ3n) is 3.72. The van der Waals surface area contributed by atoms with Gasteiger partial charge in [0.05, 0.1) is 23.1 Å². The SMILES string of the molecule is O=S1(=O)CCC(O)(C2NCc3ccccc32)C1. The number of hydrogen-bond acceptors (Lipinski definition) is 4. The molecule has 0 bridgehead atoms. The summed E-state index contributed by atoms with van der Waals surface area (Å²) in [6.07, 6.45) is 0.321. The Morgan fingerprint density at radius 3 is 2.82 bits per heavy atom. The van der Waals surface area contributed by atoms with Gasteiger partial charge in [0.25, 0.3) is 0 Å². The summed E-state index contributed by atoms with van der Waals surface area (Å²) < 4.78 is 23.1. The standard InChI is InChI=1S/C12H15NO3S/c14-12(5-6-17(15,16)8-12)11-10-4-2-1-3-9(10)7-13-11/h1-4,11,13-14H,5-8H2. The van der Waals surface area contributed by atoms with E-state index in [2.05, 4.69) is 5.32 Å². The lowest BCUT2D eigenvalue weighted by molar-refractivity contribution is 0.0292. The predicted octanol–water partition coefficient (Wildman–Crippen LogP) is 0.380. The largest absolute Gasteiger partial charge is 0.387 e. The molecule has 17 heavy (non-hydrogen) atoms. The van der Waals surface area contributed by atoms with Crippen molar-refractivity contribution in [3.05, 3.63) is 35.4 Å². The van der Waals surface area contributed by atoms with Crippen LogP contribution < -0.4 is 5.32 Å². The highest BCUT2D eigenvalue weighted by molar-refractivity contribution is 7.91. The quantitative estimate of drug-likeness (QED) is 0.759. The Kier molecular flexibility index (Phi) is 2.33. The van der Waals surface area contributed by atoms with Crippen molar-refractivity contribution in [2.45, 2.75) is 24.6 Å². The highest BCUT2D eigenvalue weighted by Crippen LogP contribution is 2.39. The van der Waals surface area contributed by atoms with Crippen LogP contribution in [0.2, 0.25) is 0 Å². The topological polar surface area (TPSA) is 66.4 Å². The summed E-state index contributed by atoms with van der Waals surface area (Å²) in [4.78, 5) is 0. The summed E-state index contributed by atoms with van der Waals surface area (Å²) in [7, 11) is -3.08. The van der Waals surface area contributed by atoms with Crippen LogP contribution in [0.4, 0.5) is 0 Å². The lowest BCUT2D eigenvalue weighted by Crippen LogP contribution is -2.42. The van der Waals surface area contributed by atoms with Gasteiger partial charge in [-0.25, -0.2) is 8.42 Å². The maximum atomic E-state index is 11.5. The molecule has 0 amide bonds. The maximum Gasteiger partial charge on any atom is 0.153 e. The zero-order valence-corrected chi connectivity index (χ0v) is 10.2. The molecule has 0 aromatic heterocycles. The molecule has 0 radical (unpaired) electrons. The van der Waals surface area contributed by atoms with Crippen molar-refractivity contribution in [3.63, 3.8) is 0 Å². The van der Waals surface area contributed by atoms with Crippen LogP contribution in [0.3, 0.4) is 0 Å². The number of rotatable bonds is 1. The normalized spacial score (nSPS) is 34.8. The Balaban J connectivity index is 1.98. The van der Waals surface area contributed by atoms with Gasteiger partial charge in [-0.15, -0.1) is 0 Å². The lowest BCUT2D eigenvalue weighted by atomic mass is 9.88. The third kappa shape index (κ3) is 1.78. The summed E-state index contributed by atoms with van der Waals surface area (Å²) in [6.45, 7) is 0.698. The molecule has 2 unspecified atom stereocenters. The molecule has 1 fully saturated rings. The summed E-state index contributed by atoms with van der Waals surface area (Å²) in [5.41, 5.74) is 1.04. The molecule has 5 heteroatoms. The molecule has 3 rings (SSSR count). The van der Waals surface area contributed by atoms with E-state index >= 15 is 0 Å². The molecular formula is C12H15NO3S. The number of fused-ring (bicyclic) bond motifs is 1. The molecule has 0 spiro atoms. The summed E-state index contributed by atoms with van der Waals surface area (Å²) in [5.74, 6) is -0.0458. The average Bonchev–Trinajstić information content (AvgIpc) is 2.81. The fraction of sp³-hybridized carbons (Fsp3) is 0.500. The second-order valence-electron chi connectivity index (χ2n) is 4.96. The minimum absolute atomic E-state index is 0.0871. The Morgan fingerprint density at radius 2 is 2.12 bits per heavy atom. The number of aliphatic hydroxyl groups is 1. The van der Waals surface area contributed by atoms with Crippen molar-refractivity contribution < 1.29 is 13.5 Å². The van der Waals surface area contributed by atoms with E-state index in [4.69, 9.17) is 0 Å². The summed E-state index contributed by atoms with van der Waals surface area (Å²) in [5, 5.41) is 13.8. The molecule has 2 atom stereocenters. The van der Waals surface area contributed by atoms with Crippen molar-refractivity contribution in [2.24, 2.45) is 0 Å². The Bertz CT molecular complexity index is 555. The monoisotopic (exact) mass is 253 g/mol. The summed E-state index contributed by atoms with van der Waals surface area (Å²) in [6, 6.07) is 7.60. The fourth-order valence-electron chi connectivity index (χ4n) is 2.86. The fourth-order valence-corrected chi connectivity index (χ4v) is 4.74. The van der Waals surface area contributed by atoms with Gasteiger partial charge >= 0.3 is 0 Å². The second kappa shape index (κ2) is 3.54. The molecule has 2 aliphatic rings. The van der Waals surface area contributed by atoms with E-state index in [0.29, 0.717) is 13.0 Å². The molecule has 1 aromatic rings. The van der Waals surface area contributed by atoms with E-state index in [0.717, 1.165) is 11.1 Å². The van der Waals surface area contributed by atoms with Crippen LogP contribution in [-0.2, 0) is 16.4 Å². The maximum absolute atomic E-state index is 11.5. The van der Waals surface area contributed by atoms with Crippen LogP contribution in [0.1, 0.15) is 23.6 Å². The molecule has 2 N–H and O–H groups in total. The number of benzene rings is 1. The number of hydrogen-bond donors (Lipinski definition) is 2. The van der Waals surface area contributed by atoms with Crippen LogP contribution in [0.25, 0.3) is 0 Å². The first kappa shape index (κ1) is 11.2. The van der Waals surface area contributed by atoms with Gasteiger partial charge in [-0.3, -0.25) is 0 Å². The van der Waals surface area contributed by atoms with E-state index in [1.54, 1.807) is 0 Å². The highest BCUT2D eigenvalue weighted by atomic mass is 32.2. The van der Waals surface area contributed by atoms with Gasteiger partial charge < -0.3 is 10.4 Å². The van der Waals surface area contributed by atoms with E-state index in [9.17, 15) is 13.5 Å². The highest BCUT2D eigenvalue weighted by Gasteiger charge is 2.48. The van der Waals surface area contributed by atoms with Crippen molar-refractivity contribution >= 4 is 9.84 Å². The van der Waals surface area contributed by atoms with Gasteiger partial charge in [0.15, 0.2) is 9.84 Å². The predicted molar refractivity (Wildman–Crippen MR) is 64.2 cm³/mol. The molecule has 1 aromatic carbocycles. The first-order valence-electron chi connectivity index (χ1n) is 5.74. The van der Waals surface area contributed by atoms with Crippen LogP contribution in [0, 0.1) is 0 Å². The zero-order valence-electron chi connectivity index (χ0n) is 9.39. The van der Waals surface area contributed by atoms with E-state index in [1.165, 1.54) is 0 Å². The lowest BCUT2D eigenvalue weighted by Gasteiger charge is -2.29. The number of sulfone groups is 1. The Morgan fingerprint density at radius 1 is 1.35 bits per heavy atom. The van der Waals surface area contributed by atoms with Crippen LogP contribution in [0.15, 0.2) is 24.3 Å². The van der Waals surface area contributed by atoms with Crippen molar-refractivity contribution in [2.75, 3.05) is 11.5 Å². The van der Waals surface area contributed by atoms with Crippen molar-refractivity contribution in [1.29, 1.82) is 0 Å². The minimum Gasteiger partial charge on any atom is -0.387 e. The zero-order chi connectivity index (χ0) is 12.1. The Hall–Kier alpha value is -0.910. The molecule has 0 aliphatic carbocycles. The average molecular weight is 253 g/mol. The van der Waals surface area contributed by atoms with E-state index < -0.39 is 15.4 Å². The molecule has 1 saturated heterocycles. The van der Waals surface area contributed by atoms with Crippen molar-refractivity contribution in [1.82, 2.24) is 5.32 Å². The van der Waals surface area contributed by atoms with Gasteiger partial charge in [0.2, 0.25) is 0 Å². The molecule has 92 valence electrons. The van der Waals surface area contributed by atoms with Gasteiger partial charge in [-0.1, -0.05) is 24.3 Å².